The maximum Gasteiger partial charge on any atom is 0.0959 e. The van der Waals surface area contributed by atoms with Crippen molar-refractivity contribution in [2.45, 2.75) is 51.4 Å². The van der Waals surface area contributed by atoms with Crippen LogP contribution < -0.4 is 0 Å². The van der Waals surface area contributed by atoms with Crippen LogP contribution in [0.2, 0.25) is 0 Å². The van der Waals surface area contributed by atoms with E-state index in [0.29, 0.717) is 5.41 Å². The lowest BCUT2D eigenvalue weighted by atomic mass is 9.57. The average Bonchev–Trinajstić information content (AvgIpc) is 3.07. The SMILES string of the molecule is COC1=CCC2=C(CC[C@@H]3[C@@H]2CC[C@]24C=C2CC[C@@H]34)C1. The summed E-state index contributed by atoms with van der Waals surface area (Å²) in [5.74, 6) is 4.13. The van der Waals surface area contributed by atoms with Crippen molar-refractivity contribution in [3.8, 4) is 0 Å². The largest absolute Gasteiger partial charge is 0.501 e. The molecule has 2 saturated carbocycles. The number of hydrogen-bond donors (Lipinski definition) is 0. The van der Waals surface area contributed by atoms with Crippen LogP contribution in [0.4, 0.5) is 0 Å². The van der Waals surface area contributed by atoms with Gasteiger partial charge in [-0.05, 0) is 68.8 Å². The Labute approximate surface area is 121 Å². The third-order valence-electron chi connectivity index (χ3n) is 7.12. The lowest BCUT2D eigenvalue weighted by molar-refractivity contribution is 0.0973. The van der Waals surface area contributed by atoms with Gasteiger partial charge >= 0.3 is 0 Å². The van der Waals surface area contributed by atoms with Crippen LogP contribution in [0.3, 0.4) is 0 Å². The first-order valence-corrected chi connectivity index (χ1v) is 8.48. The molecule has 0 aliphatic heterocycles. The van der Waals surface area contributed by atoms with Gasteiger partial charge in [-0.25, -0.2) is 0 Å². The second-order valence-corrected chi connectivity index (χ2v) is 7.59. The van der Waals surface area contributed by atoms with E-state index in [1.54, 1.807) is 5.57 Å². The molecule has 0 amide bonds. The molecule has 20 heavy (non-hydrogen) atoms. The smallest absolute Gasteiger partial charge is 0.0959 e. The molecule has 1 nitrogen and oxygen atoms in total. The molecule has 5 rings (SSSR count). The maximum absolute atomic E-state index is 5.49. The number of hydrogen-bond acceptors (Lipinski definition) is 1. The molecule has 0 N–H and O–H groups in total. The van der Waals surface area contributed by atoms with Crippen LogP contribution >= 0.6 is 0 Å². The van der Waals surface area contributed by atoms with Crippen LogP contribution in [-0.4, -0.2) is 7.11 Å². The lowest BCUT2D eigenvalue weighted by Gasteiger charge is -2.47. The van der Waals surface area contributed by atoms with Crippen LogP contribution in [0.25, 0.3) is 0 Å². The van der Waals surface area contributed by atoms with Gasteiger partial charge in [0.1, 0.15) is 0 Å². The molecular formula is C19H24O. The number of methoxy groups -OCH3 is 1. The maximum atomic E-state index is 5.49. The van der Waals surface area contributed by atoms with Gasteiger partial charge in [-0.1, -0.05) is 22.8 Å². The molecule has 2 fully saturated rings. The van der Waals surface area contributed by atoms with Crippen LogP contribution in [0, 0.1) is 23.2 Å². The van der Waals surface area contributed by atoms with E-state index in [-0.39, 0.29) is 0 Å². The average molecular weight is 268 g/mol. The molecule has 106 valence electrons. The molecule has 0 aromatic heterocycles. The minimum Gasteiger partial charge on any atom is -0.501 e. The first-order chi connectivity index (χ1) is 9.82. The summed E-state index contributed by atoms with van der Waals surface area (Å²) in [6.45, 7) is 0. The van der Waals surface area contributed by atoms with Gasteiger partial charge in [-0.3, -0.25) is 0 Å². The summed E-state index contributed by atoms with van der Waals surface area (Å²) in [5.41, 5.74) is 6.06. The van der Waals surface area contributed by atoms with Gasteiger partial charge in [0.15, 0.2) is 0 Å². The zero-order valence-electron chi connectivity index (χ0n) is 12.5. The minimum absolute atomic E-state index is 0.654. The topological polar surface area (TPSA) is 9.23 Å². The molecule has 5 aliphatic rings. The fourth-order valence-corrected chi connectivity index (χ4v) is 6.15. The Hall–Kier alpha value is -0.980. The molecule has 0 saturated heterocycles. The van der Waals surface area contributed by atoms with E-state index < -0.39 is 0 Å². The molecule has 4 atom stereocenters. The van der Waals surface area contributed by atoms with Gasteiger partial charge in [0, 0.05) is 11.8 Å². The van der Waals surface area contributed by atoms with E-state index in [1.165, 1.54) is 50.7 Å². The molecule has 5 aliphatic carbocycles. The summed E-state index contributed by atoms with van der Waals surface area (Å²) >= 11 is 0. The molecule has 1 spiro atoms. The molecular weight excluding hydrogens is 244 g/mol. The predicted octanol–water partition coefficient (Wildman–Crippen LogP) is 4.76. The van der Waals surface area contributed by atoms with Crippen molar-refractivity contribution in [2.24, 2.45) is 23.2 Å². The predicted molar refractivity (Wildman–Crippen MR) is 80.0 cm³/mol. The van der Waals surface area contributed by atoms with Gasteiger partial charge in [0.05, 0.1) is 12.9 Å². The van der Waals surface area contributed by atoms with E-state index in [0.717, 1.165) is 24.2 Å². The second-order valence-electron chi connectivity index (χ2n) is 7.59. The van der Waals surface area contributed by atoms with Crippen molar-refractivity contribution in [1.29, 1.82) is 0 Å². The molecule has 1 heteroatoms. The molecule has 0 unspecified atom stereocenters. The van der Waals surface area contributed by atoms with Gasteiger partial charge < -0.3 is 4.74 Å². The Kier molecular flexibility index (Phi) is 2.22. The quantitative estimate of drug-likeness (QED) is 0.623. The number of allylic oxidation sites excluding steroid dienone is 5. The van der Waals surface area contributed by atoms with Crippen molar-refractivity contribution < 1.29 is 4.74 Å². The molecule has 0 aromatic rings. The third kappa shape index (κ3) is 1.34. The summed E-state index contributed by atoms with van der Waals surface area (Å²) in [6.07, 6.45) is 15.9. The van der Waals surface area contributed by atoms with E-state index >= 15 is 0 Å². The summed E-state index contributed by atoms with van der Waals surface area (Å²) in [5, 5.41) is 0. The highest BCUT2D eigenvalue weighted by atomic mass is 16.5. The Morgan fingerprint density at radius 3 is 3.00 bits per heavy atom. The Balaban J connectivity index is 1.45. The molecule has 0 aromatic carbocycles. The summed E-state index contributed by atoms with van der Waals surface area (Å²) in [4.78, 5) is 0. The van der Waals surface area contributed by atoms with Crippen molar-refractivity contribution >= 4 is 0 Å². The van der Waals surface area contributed by atoms with E-state index in [2.05, 4.69) is 12.2 Å². The Morgan fingerprint density at radius 2 is 2.15 bits per heavy atom. The fourth-order valence-electron chi connectivity index (χ4n) is 6.15. The van der Waals surface area contributed by atoms with Gasteiger partial charge in [0.2, 0.25) is 0 Å². The standard InChI is InChI=1S/C19H24O/c1-20-14-4-6-15-12(10-14)2-5-17-16(15)8-9-19-11-13(19)3-7-18(17)19/h4,11,16-18H,2-3,5-10H2,1H3/t16-,17-,18+,19+/m1/s1. The second kappa shape index (κ2) is 3.81. The number of fused-ring (bicyclic) bond motifs is 3. The molecule has 0 bridgehead atoms. The van der Waals surface area contributed by atoms with E-state index in [1.807, 2.05) is 18.3 Å². The molecule has 0 radical (unpaired) electrons. The Bertz CT molecular complexity index is 564. The number of ether oxygens (including phenoxy) is 1. The van der Waals surface area contributed by atoms with Crippen molar-refractivity contribution in [3.63, 3.8) is 0 Å². The highest BCUT2D eigenvalue weighted by molar-refractivity contribution is 5.46. The first kappa shape index (κ1) is 11.7. The minimum atomic E-state index is 0.654. The number of rotatable bonds is 1. The van der Waals surface area contributed by atoms with Crippen LogP contribution in [0.5, 0.6) is 0 Å². The highest BCUT2D eigenvalue weighted by Crippen LogP contribution is 2.70. The third-order valence-corrected chi connectivity index (χ3v) is 7.12. The monoisotopic (exact) mass is 268 g/mol. The van der Waals surface area contributed by atoms with Crippen LogP contribution in [-0.2, 0) is 4.74 Å². The van der Waals surface area contributed by atoms with Crippen molar-refractivity contribution in [3.05, 3.63) is 34.6 Å². The van der Waals surface area contributed by atoms with Crippen LogP contribution in [0.1, 0.15) is 51.4 Å². The van der Waals surface area contributed by atoms with Gasteiger partial charge in [-0.15, -0.1) is 0 Å². The van der Waals surface area contributed by atoms with Crippen LogP contribution in [0.15, 0.2) is 34.6 Å². The van der Waals surface area contributed by atoms with Crippen molar-refractivity contribution in [1.82, 2.24) is 0 Å². The normalized spacial score (nSPS) is 44.8. The van der Waals surface area contributed by atoms with Crippen molar-refractivity contribution in [2.75, 3.05) is 7.11 Å². The zero-order valence-corrected chi connectivity index (χ0v) is 12.5. The summed E-state index contributed by atoms with van der Waals surface area (Å²) in [7, 11) is 1.83. The van der Waals surface area contributed by atoms with E-state index in [9.17, 15) is 0 Å². The van der Waals surface area contributed by atoms with Gasteiger partial charge in [-0.2, -0.15) is 0 Å². The highest BCUT2D eigenvalue weighted by Gasteiger charge is 2.60. The Morgan fingerprint density at radius 1 is 1.20 bits per heavy atom. The van der Waals surface area contributed by atoms with E-state index in [4.69, 9.17) is 4.74 Å². The summed E-state index contributed by atoms with van der Waals surface area (Å²) < 4.78 is 5.49. The fraction of sp³-hybridized carbons (Fsp3) is 0.684. The first-order valence-electron chi connectivity index (χ1n) is 8.48. The lowest BCUT2D eigenvalue weighted by Crippen LogP contribution is -2.38. The molecule has 0 heterocycles. The zero-order chi connectivity index (χ0) is 13.3. The van der Waals surface area contributed by atoms with Gasteiger partial charge in [0.25, 0.3) is 0 Å². The summed E-state index contributed by atoms with van der Waals surface area (Å²) in [6, 6.07) is 0.